The van der Waals surface area contributed by atoms with E-state index in [1.807, 2.05) is 6.07 Å². The minimum Gasteiger partial charge on any atom is -0.354 e. The molecule has 0 saturated carbocycles. The first kappa shape index (κ1) is 12.1. The van der Waals surface area contributed by atoms with Crippen molar-refractivity contribution >= 4 is 11.8 Å². The summed E-state index contributed by atoms with van der Waals surface area (Å²) in [7, 11) is 0. The molecule has 0 aliphatic carbocycles. The van der Waals surface area contributed by atoms with E-state index in [4.69, 9.17) is 5.26 Å². The van der Waals surface area contributed by atoms with Crippen molar-refractivity contribution in [2.45, 2.75) is 18.9 Å². The Morgan fingerprint density at radius 1 is 1.44 bits per heavy atom. The molecule has 0 aromatic heterocycles. The number of amides is 2. The second-order valence-corrected chi connectivity index (χ2v) is 4.26. The van der Waals surface area contributed by atoms with Crippen molar-refractivity contribution in [3.05, 3.63) is 35.4 Å². The molecule has 0 bridgehead atoms. The van der Waals surface area contributed by atoms with Crippen LogP contribution in [0.3, 0.4) is 0 Å². The molecule has 0 radical (unpaired) electrons. The molecule has 0 spiro atoms. The molecule has 1 aliphatic heterocycles. The number of hydrogen-bond donors (Lipinski definition) is 2. The molecular weight excluding hydrogens is 230 g/mol. The third kappa shape index (κ3) is 3.08. The van der Waals surface area contributed by atoms with Crippen LogP contribution in [0.5, 0.6) is 0 Å². The van der Waals surface area contributed by atoms with E-state index in [0.29, 0.717) is 18.5 Å². The molecule has 2 N–H and O–H groups in total. The minimum atomic E-state index is -0.110. The SMILES string of the molecule is N#Cc1ccc(CC(=O)NC2CNC(=O)C2)cc1. The molecule has 18 heavy (non-hydrogen) atoms. The lowest BCUT2D eigenvalue weighted by molar-refractivity contribution is -0.121. The number of rotatable bonds is 3. The van der Waals surface area contributed by atoms with E-state index in [-0.39, 0.29) is 24.3 Å². The molecule has 1 saturated heterocycles. The Kier molecular flexibility index (Phi) is 3.58. The lowest BCUT2D eigenvalue weighted by atomic mass is 10.1. The van der Waals surface area contributed by atoms with Crippen molar-refractivity contribution < 1.29 is 9.59 Å². The number of hydrogen-bond acceptors (Lipinski definition) is 3. The van der Waals surface area contributed by atoms with Crippen LogP contribution in [0.2, 0.25) is 0 Å². The summed E-state index contributed by atoms with van der Waals surface area (Å²) in [4.78, 5) is 22.7. The Labute approximate surface area is 105 Å². The van der Waals surface area contributed by atoms with Gasteiger partial charge in [-0.05, 0) is 17.7 Å². The van der Waals surface area contributed by atoms with Crippen molar-refractivity contribution in [2.75, 3.05) is 6.54 Å². The zero-order valence-corrected chi connectivity index (χ0v) is 9.77. The van der Waals surface area contributed by atoms with Gasteiger partial charge in [0.25, 0.3) is 0 Å². The zero-order chi connectivity index (χ0) is 13.0. The van der Waals surface area contributed by atoms with Crippen molar-refractivity contribution in [1.82, 2.24) is 10.6 Å². The highest BCUT2D eigenvalue weighted by Crippen LogP contribution is 2.05. The Morgan fingerprint density at radius 3 is 2.72 bits per heavy atom. The summed E-state index contributed by atoms with van der Waals surface area (Å²) in [6.07, 6.45) is 0.607. The van der Waals surface area contributed by atoms with Crippen LogP contribution in [0.25, 0.3) is 0 Å². The number of carbonyl (C=O) groups excluding carboxylic acids is 2. The standard InChI is InChI=1S/C13H13N3O2/c14-7-10-3-1-9(2-4-10)5-13(18)16-11-6-12(17)15-8-11/h1-4,11H,5-6,8H2,(H,15,17)(H,16,18). The number of nitriles is 1. The van der Waals surface area contributed by atoms with E-state index >= 15 is 0 Å². The molecule has 1 aromatic carbocycles. The van der Waals surface area contributed by atoms with E-state index in [1.165, 1.54) is 0 Å². The summed E-state index contributed by atoms with van der Waals surface area (Å²) in [5, 5.41) is 14.1. The molecule has 2 rings (SSSR count). The summed E-state index contributed by atoms with van der Waals surface area (Å²) in [6.45, 7) is 0.498. The van der Waals surface area contributed by atoms with E-state index in [9.17, 15) is 9.59 Å². The monoisotopic (exact) mass is 243 g/mol. The van der Waals surface area contributed by atoms with Crippen LogP contribution < -0.4 is 10.6 Å². The summed E-state index contributed by atoms with van der Waals surface area (Å²) < 4.78 is 0. The molecule has 5 heteroatoms. The van der Waals surface area contributed by atoms with Crippen molar-refractivity contribution in [2.24, 2.45) is 0 Å². The maximum Gasteiger partial charge on any atom is 0.224 e. The van der Waals surface area contributed by atoms with Crippen LogP contribution in [-0.4, -0.2) is 24.4 Å². The largest absolute Gasteiger partial charge is 0.354 e. The van der Waals surface area contributed by atoms with Gasteiger partial charge in [0.1, 0.15) is 0 Å². The fourth-order valence-corrected chi connectivity index (χ4v) is 1.87. The van der Waals surface area contributed by atoms with Gasteiger partial charge < -0.3 is 10.6 Å². The topological polar surface area (TPSA) is 82.0 Å². The smallest absolute Gasteiger partial charge is 0.224 e. The van der Waals surface area contributed by atoms with E-state index < -0.39 is 0 Å². The van der Waals surface area contributed by atoms with Gasteiger partial charge in [-0.2, -0.15) is 5.26 Å². The third-order valence-electron chi connectivity index (χ3n) is 2.79. The van der Waals surface area contributed by atoms with Crippen LogP contribution in [0.1, 0.15) is 17.5 Å². The van der Waals surface area contributed by atoms with Crippen LogP contribution in [0.4, 0.5) is 0 Å². The number of carbonyl (C=O) groups is 2. The highest BCUT2D eigenvalue weighted by molar-refractivity contribution is 5.83. The Balaban J connectivity index is 1.87. The van der Waals surface area contributed by atoms with Crippen LogP contribution >= 0.6 is 0 Å². The van der Waals surface area contributed by atoms with Gasteiger partial charge in [-0.3, -0.25) is 9.59 Å². The Bertz CT molecular complexity index is 502. The zero-order valence-electron chi connectivity index (χ0n) is 9.77. The third-order valence-corrected chi connectivity index (χ3v) is 2.79. The van der Waals surface area contributed by atoms with E-state index in [0.717, 1.165) is 5.56 Å². The molecule has 1 unspecified atom stereocenters. The van der Waals surface area contributed by atoms with Crippen LogP contribution in [-0.2, 0) is 16.0 Å². The summed E-state index contributed by atoms with van der Waals surface area (Å²) >= 11 is 0. The van der Waals surface area contributed by atoms with Gasteiger partial charge in [-0.15, -0.1) is 0 Å². The highest BCUT2D eigenvalue weighted by Gasteiger charge is 2.22. The first-order valence-electron chi connectivity index (χ1n) is 5.72. The second-order valence-electron chi connectivity index (χ2n) is 4.26. The number of nitrogens with one attached hydrogen (secondary N) is 2. The maximum atomic E-state index is 11.7. The van der Waals surface area contributed by atoms with E-state index in [1.54, 1.807) is 24.3 Å². The lowest BCUT2D eigenvalue weighted by Gasteiger charge is -2.10. The van der Waals surface area contributed by atoms with Crippen molar-refractivity contribution in [1.29, 1.82) is 5.26 Å². The summed E-state index contributed by atoms with van der Waals surface area (Å²) in [6, 6.07) is 8.80. The normalized spacial score (nSPS) is 17.9. The van der Waals surface area contributed by atoms with Gasteiger partial charge in [-0.25, -0.2) is 0 Å². The van der Waals surface area contributed by atoms with Gasteiger partial charge in [0.2, 0.25) is 11.8 Å². The van der Waals surface area contributed by atoms with Crippen LogP contribution in [0, 0.1) is 11.3 Å². The fourth-order valence-electron chi connectivity index (χ4n) is 1.87. The second kappa shape index (κ2) is 5.32. The number of nitrogens with zero attached hydrogens (tertiary/aromatic N) is 1. The first-order chi connectivity index (χ1) is 8.67. The van der Waals surface area contributed by atoms with Crippen molar-refractivity contribution in [3.8, 4) is 6.07 Å². The quantitative estimate of drug-likeness (QED) is 0.790. The molecule has 1 atom stereocenters. The maximum absolute atomic E-state index is 11.7. The van der Waals surface area contributed by atoms with Gasteiger partial charge in [-0.1, -0.05) is 12.1 Å². The Hall–Kier alpha value is -2.35. The molecule has 1 heterocycles. The fraction of sp³-hybridized carbons (Fsp3) is 0.308. The molecule has 1 aromatic rings. The highest BCUT2D eigenvalue weighted by atomic mass is 16.2. The molecule has 92 valence electrons. The molecule has 2 amide bonds. The molecule has 1 aliphatic rings. The average Bonchev–Trinajstić information content (AvgIpc) is 2.75. The number of benzene rings is 1. The predicted molar refractivity (Wildman–Crippen MR) is 64.4 cm³/mol. The minimum absolute atomic E-state index is 0.0290. The van der Waals surface area contributed by atoms with Crippen LogP contribution in [0.15, 0.2) is 24.3 Å². The van der Waals surface area contributed by atoms with Gasteiger partial charge in [0, 0.05) is 13.0 Å². The summed E-state index contributed by atoms with van der Waals surface area (Å²) in [5.74, 6) is -0.139. The van der Waals surface area contributed by atoms with Crippen molar-refractivity contribution in [3.63, 3.8) is 0 Å². The van der Waals surface area contributed by atoms with Gasteiger partial charge in [0.15, 0.2) is 0 Å². The van der Waals surface area contributed by atoms with Gasteiger partial charge in [0.05, 0.1) is 24.1 Å². The molecule has 5 nitrogen and oxygen atoms in total. The lowest BCUT2D eigenvalue weighted by Crippen LogP contribution is -2.37. The molecule has 1 fully saturated rings. The average molecular weight is 243 g/mol. The Morgan fingerprint density at radius 2 is 2.17 bits per heavy atom. The predicted octanol–water partition coefficient (Wildman–Crippen LogP) is 0.105. The molecular formula is C13H13N3O2. The van der Waals surface area contributed by atoms with Gasteiger partial charge >= 0.3 is 0 Å². The first-order valence-corrected chi connectivity index (χ1v) is 5.72. The summed E-state index contributed by atoms with van der Waals surface area (Å²) in [5.41, 5.74) is 1.42. The van der Waals surface area contributed by atoms with E-state index in [2.05, 4.69) is 10.6 Å².